The molecule has 0 spiro atoms. The fourth-order valence-corrected chi connectivity index (χ4v) is 7.78. The van der Waals surface area contributed by atoms with E-state index in [0.717, 1.165) is 71.0 Å². The molecule has 7 nitrogen and oxygen atoms in total. The van der Waals surface area contributed by atoms with Crippen LogP contribution in [0.25, 0.3) is 0 Å². The molecule has 1 aromatic rings. The highest BCUT2D eigenvalue weighted by Gasteiger charge is 2.15. The van der Waals surface area contributed by atoms with E-state index < -0.39 is 0 Å². The zero-order chi connectivity index (χ0) is 40.6. The smallest absolute Gasteiger partial charge is 0.306 e. The lowest BCUT2D eigenvalue weighted by Gasteiger charge is -2.24. The minimum atomic E-state index is -0.0136. The van der Waals surface area contributed by atoms with Crippen molar-refractivity contribution in [3.63, 3.8) is 0 Å². The summed E-state index contributed by atoms with van der Waals surface area (Å²) in [4.78, 5) is 31.9. The fraction of sp³-hybridized carbons (Fsp3) is 0.898. The van der Waals surface area contributed by atoms with E-state index in [1.165, 1.54) is 154 Å². The van der Waals surface area contributed by atoms with Crippen LogP contribution in [-0.4, -0.2) is 58.7 Å². The number of unbranched alkanes of at least 4 members (excludes halogenated alkanes) is 24. The van der Waals surface area contributed by atoms with Gasteiger partial charge < -0.3 is 18.9 Å². The molecule has 0 aliphatic rings. The summed E-state index contributed by atoms with van der Waals surface area (Å²) in [6.07, 6.45) is 45.8. The molecule has 0 saturated heterocycles. The molecule has 0 aromatic carbocycles. The third kappa shape index (κ3) is 33.1. The second kappa shape index (κ2) is 39.9. The number of hydrogen-bond acceptors (Lipinski definition) is 6. The van der Waals surface area contributed by atoms with Crippen molar-refractivity contribution in [3.8, 4) is 0 Å². The number of rotatable bonds is 43. The molecule has 0 bridgehead atoms. The molecule has 328 valence electrons. The highest BCUT2D eigenvalue weighted by Crippen LogP contribution is 2.19. The maximum absolute atomic E-state index is 12.8. The minimum absolute atomic E-state index is 0.0136. The van der Waals surface area contributed by atoms with Crippen LogP contribution in [-0.2, 0) is 19.1 Å². The normalized spacial score (nSPS) is 12.2. The summed E-state index contributed by atoms with van der Waals surface area (Å²) < 4.78 is 13.8. The van der Waals surface area contributed by atoms with Gasteiger partial charge in [0.15, 0.2) is 0 Å². The SMILES string of the molecule is CCCCCCCCCOC(=O)CCCCCCCN(CCCCCCCC(=O)OC(CCCCCCCC)CCCCCCCC)CCC(C)n1ccnc1. The van der Waals surface area contributed by atoms with Crippen LogP contribution in [0.4, 0.5) is 0 Å². The number of imidazole rings is 1. The Hall–Kier alpha value is -1.89. The van der Waals surface area contributed by atoms with E-state index in [1.807, 2.05) is 12.5 Å². The van der Waals surface area contributed by atoms with Gasteiger partial charge in [0.2, 0.25) is 0 Å². The number of ether oxygens (including phenoxy) is 2. The van der Waals surface area contributed by atoms with Gasteiger partial charge in [-0.1, -0.05) is 162 Å². The Morgan fingerprint density at radius 2 is 0.982 bits per heavy atom. The van der Waals surface area contributed by atoms with Gasteiger partial charge in [0, 0.05) is 37.8 Å². The van der Waals surface area contributed by atoms with Crippen molar-refractivity contribution in [2.75, 3.05) is 26.2 Å². The Labute approximate surface area is 347 Å². The Balaban J connectivity index is 2.29. The van der Waals surface area contributed by atoms with Gasteiger partial charge in [0.25, 0.3) is 0 Å². The van der Waals surface area contributed by atoms with Gasteiger partial charge in [-0.05, 0) is 84.2 Å². The van der Waals surface area contributed by atoms with Gasteiger partial charge in [0.1, 0.15) is 6.10 Å². The molecular weight excluding hydrogens is 695 g/mol. The third-order valence-corrected chi connectivity index (χ3v) is 11.7. The van der Waals surface area contributed by atoms with E-state index in [-0.39, 0.29) is 18.0 Å². The quantitative estimate of drug-likeness (QED) is 0.0485. The van der Waals surface area contributed by atoms with Crippen LogP contribution in [0.2, 0.25) is 0 Å². The molecule has 0 saturated carbocycles. The predicted molar refractivity (Wildman–Crippen MR) is 238 cm³/mol. The first kappa shape index (κ1) is 52.1. The van der Waals surface area contributed by atoms with Gasteiger partial charge in [-0.2, -0.15) is 0 Å². The van der Waals surface area contributed by atoms with Gasteiger partial charge in [-0.15, -0.1) is 0 Å². The Morgan fingerprint density at radius 1 is 0.536 bits per heavy atom. The van der Waals surface area contributed by atoms with Crippen LogP contribution in [0.5, 0.6) is 0 Å². The lowest BCUT2D eigenvalue weighted by Crippen LogP contribution is -2.28. The highest BCUT2D eigenvalue weighted by molar-refractivity contribution is 5.69. The van der Waals surface area contributed by atoms with E-state index in [0.29, 0.717) is 25.5 Å². The van der Waals surface area contributed by atoms with Crippen LogP contribution in [0.3, 0.4) is 0 Å². The van der Waals surface area contributed by atoms with E-state index in [2.05, 4.69) is 48.3 Å². The van der Waals surface area contributed by atoms with Crippen LogP contribution in [0.15, 0.2) is 18.7 Å². The van der Waals surface area contributed by atoms with Crippen LogP contribution < -0.4 is 0 Å². The van der Waals surface area contributed by atoms with Crippen molar-refractivity contribution >= 4 is 11.9 Å². The summed E-state index contributed by atoms with van der Waals surface area (Å²) in [6, 6.07) is 0.446. The lowest BCUT2D eigenvalue weighted by atomic mass is 10.0. The Kier molecular flexibility index (Phi) is 37.2. The van der Waals surface area contributed by atoms with Crippen molar-refractivity contribution in [2.24, 2.45) is 0 Å². The zero-order valence-corrected chi connectivity index (χ0v) is 37.7. The second-order valence-corrected chi connectivity index (χ2v) is 17.1. The number of carbonyl (C=O) groups is 2. The highest BCUT2D eigenvalue weighted by atomic mass is 16.5. The van der Waals surface area contributed by atoms with Gasteiger partial charge in [-0.25, -0.2) is 4.98 Å². The van der Waals surface area contributed by atoms with Crippen LogP contribution in [0, 0.1) is 0 Å². The average molecular weight is 788 g/mol. The molecule has 0 N–H and O–H groups in total. The van der Waals surface area contributed by atoms with E-state index in [1.54, 1.807) is 0 Å². The van der Waals surface area contributed by atoms with Crippen molar-refractivity contribution in [1.29, 1.82) is 0 Å². The molecule has 1 unspecified atom stereocenters. The first-order valence-electron chi connectivity index (χ1n) is 24.5. The standard InChI is InChI=1S/C49H93N3O4/c1-5-8-11-14-17-26-33-44-55-48(53)36-29-22-18-24-31-40-51(42-38-46(4)52-43-39-50-45-52)41-32-25-19-23-30-37-49(54)56-47(34-27-20-15-12-9-6-2)35-28-21-16-13-10-7-3/h39,43,45-47H,5-38,40-42,44H2,1-4H3. The number of esters is 2. The van der Waals surface area contributed by atoms with E-state index in [4.69, 9.17) is 9.47 Å². The summed E-state index contributed by atoms with van der Waals surface area (Å²) in [6.45, 7) is 13.1. The van der Waals surface area contributed by atoms with Crippen molar-refractivity contribution in [2.45, 2.75) is 258 Å². The van der Waals surface area contributed by atoms with Crippen molar-refractivity contribution in [1.82, 2.24) is 14.5 Å². The molecule has 1 heterocycles. The van der Waals surface area contributed by atoms with Gasteiger partial charge in [0.05, 0.1) is 12.9 Å². The maximum Gasteiger partial charge on any atom is 0.306 e. The third-order valence-electron chi connectivity index (χ3n) is 11.7. The first-order valence-corrected chi connectivity index (χ1v) is 24.5. The molecule has 1 atom stereocenters. The lowest BCUT2D eigenvalue weighted by molar-refractivity contribution is -0.150. The zero-order valence-electron chi connectivity index (χ0n) is 37.7. The molecule has 0 aliphatic heterocycles. The molecular formula is C49H93N3O4. The number of aromatic nitrogens is 2. The molecule has 56 heavy (non-hydrogen) atoms. The van der Waals surface area contributed by atoms with Gasteiger partial charge in [-0.3, -0.25) is 9.59 Å². The maximum atomic E-state index is 12.8. The first-order chi connectivity index (χ1) is 27.5. The van der Waals surface area contributed by atoms with E-state index >= 15 is 0 Å². The second-order valence-electron chi connectivity index (χ2n) is 17.1. The summed E-state index contributed by atoms with van der Waals surface area (Å²) >= 11 is 0. The summed E-state index contributed by atoms with van der Waals surface area (Å²) in [5.41, 5.74) is 0. The minimum Gasteiger partial charge on any atom is -0.466 e. The molecule has 1 aromatic heterocycles. The molecule has 7 heteroatoms. The van der Waals surface area contributed by atoms with Crippen LogP contribution >= 0.6 is 0 Å². The molecule has 0 radical (unpaired) electrons. The monoisotopic (exact) mass is 788 g/mol. The molecule has 0 aliphatic carbocycles. The molecule has 0 fully saturated rings. The number of carbonyl (C=O) groups excluding carboxylic acids is 2. The van der Waals surface area contributed by atoms with Gasteiger partial charge >= 0.3 is 11.9 Å². The molecule has 1 rings (SSSR count). The Bertz CT molecular complexity index is 955. The summed E-state index contributed by atoms with van der Waals surface area (Å²) in [5, 5.41) is 0. The van der Waals surface area contributed by atoms with Crippen molar-refractivity contribution < 1.29 is 19.1 Å². The van der Waals surface area contributed by atoms with Crippen molar-refractivity contribution in [3.05, 3.63) is 18.7 Å². The van der Waals surface area contributed by atoms with E-state index in [9.17, 15) is 9.59 Å². The number of hydrogen-bond donors (Lipinski definition) is 0. The predicted octanol–water partition coefficient (Wildman–Crippen LogP) is 14.5. The Morgan fingerprint density at radius 3 is 1.48 bits per heavy atom. The number of nitrogens with zero attached hydrogens (tertiary/aromatic N) is 3. The molecule has 0 amide bonds. The largest absolute Gasteiger partial charge is 0.466 e. The summed E-state index contributed by atoms with van der Waals surface area (Å²) in [5.74, 6) is 0.0178. The average Bonchev–Trinajstić information content (AvgIpc) is 3.75. The topological polar surface area (TPSA) is 73.7 Å². The fourth-order valence-electron chi connectivity index (χ4n) is 7.78. The summed E-state index contributed by atoms with van der Waals surface area (Å²) in [7, 11) is 0. The van der Waals surface area contributed by atoms with Crippen LogP contribution in [0.1, 0.15) is 252 Å².